The fourth-order valence-electron chi connectivity index (χ4n) is 3.20. The number of nitrogens with zero attached hydrogens (tertiary/aromatic N) is 2. The minimum absolute atomic E-state index is 0.0930. The predicted molar refractivity (Wildman–Crippen MR) is 110 cm³/mol. The molecule has 0 saturated carbocycles. The smallest absolute Gasteiger partial charge is 0.224 e. The molecular formula is C21H27N5O. The standard InChI is InChI=1S/C21H27N5O/c1-15-13-20(25-19-10-6-9-18(14-19)24-16(2)27)26-21(23-15)22-12-11-17-7-4-3-5-8-17/h6-7,9-10,13-14H,3-5,8,11-12H2,1-2H3,(H,24,27)(H2,22,23,25,26). The van der Waals surface area contributed by atoms with Gasteiger partial charge in [0.2, 0.25) is 11.9 Å². The number of allylic oxidation sites excluding steroid dienone is 1. The fraction of sp³-hybridized carbons (Fsp3) is 0.381. The Hall–Kier alpha value is -2.89. The van der Waals surface area contributed by atoms with Crippen LogP contribution in [0.25, 0.3) is 0 Å². The number of benzene rings is 1. The molecule has 142 valence electrons. The molecule has 0 atom stereocenters. The molecular weight excluding hydrogens is 338 g/mol. The monoisotopic (exact) mass is 365 g/mol. The number of amides is 1. The molecule has 1 aromatic heterocycles. The lowest BCUT2D eigenvalue weighted by Gasteiger charge is -2.14. The van der Waals surface area contributed by atoms with Crippen LogP contribution in [-0.2, 0) is 4.79 Å². The van der Waals surface area contributed by atoms with Gasteiger partial charge in [-0.2, -0.15) is 4.98 Å². The summed E-state index contributed by atoms with van der Waals surface area (Å²) in [5, 5.41) is 9.40. The molecule has 1 aliphatic rings. The Morgan fingerprint density at radius 3 is 2.78 bits per heavy atom. The summed E-state index contributed by atoms with van der Waals surface area (Å²) < 4.78 is 0. The topological polar surface area (TPSA) is 78.9 Å². The van der Waals surface area contributed by atoms with E-state index in [2.05, 4.69) is 32.0 Å². The highest BCUT2D eigenvalue weighted by Crippen LogP contribution is 2.22. The van der Waals surface area contributed by atoms with E-state index in [9.17, 15) is 4.79 Å². The van der Waals surface area contributed by atoms with Gasteiger partial charge in [0, 0.05) is 36.6 Å². The number of anilines is 4. The van der Waals surface area contributed by atoms with Crippen LogP contribution in [0.1, 0.15) is 44.7 Å². The van der Waals surface area contributed by atoms with Gasteiger partial charge in [-0.15, -0.1) is 0 Å². The first-order valence-corrected chi connectivity index (χ1v) is 9.50. The van der Waals surface area contributed by atoms with Crippen LogP contribution in [0.2, 0.25) is 0 Å². The summed E-state index contributed by atoms with van der Waals surface area (Å²) in [5.74, 6) is 1.26. The van der Waals surface area contributed by atoms with Gasteiger partial charge in [0.05, 0.1) is 0 Å². The lowest BCUT2D eigenvalue weighted by atomic mass is 9.97. The Morgan fingerprint density at radius 1 is 1.15 bits per heavy atom. The molecule has 1 aliphatic carbocycles. The Labute approximate surface area is 160 Å². The first kappa shape index (κ1) is 18.9. The van der Waals surface area contributed by atoms with Crippen LogP contribution in [0.15, 0.2) is 42.0 Å². The highest BCUT2D eigenvalue weighted by molar-refractivity contribution is 5.89. The van der Waals surface area contributed by atoms with Crippen molar-refractivity contribution in [2.24, 2.45) is 0 Å². The van der Waals surface area contributed by atoms with Crippen molar-refractivity contribution in [1.29, 1.82) is 0 Å². The molecule has 0 fully saturated rings. The zero-order chi connectivity index (χ0) is 19.1. The van der Waals surface area contributed by atoms with Crippen LogP contribution in [0, 0.1) is 6.92 Å². The molecule has 0 bridgehead atoms. The second kappa shape index (κ2) is 9.16. The maximum absolute atomic E-state index is 11.2. The zero-order valence-electron chi connectivity index (χ0n) is 16.0. The van der Waals surface area contributed by atoms with Gasteiger partial charge in [-0.3, -0.25) is 4.79 Å². The molecule has 0 unspecified atom stereocenters. The van der Waals surface area contributed by atoms with Crippen molar-refractivity contribution in [1.82, 2.24) is 9.97 Å². The van der Waals surface area contributed by atoms with Crippen LogP contribution in [0.5, 0.6) is 0 Å². The molecule has 0 aliphatic heterocycles. The maximum Gasteiger partial charge on any atom is 0.224 e. The van der Waals surface area contributed by atoms with Gasteiger partial charge in [0.15, 0.2) is 0 Å². The van der Waals surface area contributed by atoms with Crippen LogP contribution >= 0.6 is 0 Å². The normalized spacial score (nSPS) is 13.6. The summed E-state index contributed by atoms with van der Waals surface area (Å²) in [6.45, 7) is 4.29. The van der Waals surface area contributed by atoms with Crippen LogP contribution < -0.4 is 16.0 Å². The third-order valence-corrected chi connectivity index (χ3v) is 4.42. The summed E-state index contributed by atoms with van der Waals surface area (Å²) in [6, 6.07) is 9.45. The Bertz CT molecular complexity index is 831. The third-order valence-electron chi connectivity index (χ3n) is 4.42. The van der Waals surface area contributed by atoms with Crippen molar-refractivity contribution >= 4 is 29.0 Å². The molecule has 1 amide bonds. The second-order valence-corrected chi connectivity index (χ2v) is 6.89. The largest absolute Gasteiger partial charge is 0.354 e. The highest BCUT2D eigenvalue weighted by Gasteiger charge is 2.06. The van der Waals surface area contributed by atoms with Gasteiger partial charge in [0.25, 0.3) is 0 Å². The Kier molecular flexibility index (Phi) is 6.41. The van der Waals surface area contributed by atoms with Gasteiger partial charge in [-0.1, -0.05) is 17.7 Å². The Balaban J connectivity index is 1.62. The quantitative estimate of drug-likeness (QED) is 0.615. The minimum atomic E-state index is -0.0930. The highest BCUT2D eigenvalue weighted by atomic mass is 16.1. The first-order chi connectivity index (χ1) is 13.1. The molecule has 6 nitrogen and oxygen atoms in total. The van der Waals surface area contributed by atoms with E-state index in [0.717, 1.165) is 35.9 Å². The maximum atomic E-state index is 11.2. The van der Waals surface area contributed by atoms with Gasteiger partial charge in [0.1, 0.15) is 5.82 Å². The van der Waals surface area contributed by atoms with E-state index in [-0.39, 0.29) is 5.91 Å². The van der Waals surface area contributed by atoms with Gasteiger partial charge >= 0.3 is 0 Å². The molecule has 1 aromatic carbocycles. The van der Waals surface area contributed by atoms with Gasteiger partial charge < -0.3 is 16.0 Å². The Morgan fingerprint density at radius 2 is 2.00 bits per heavy atom. The number of rotatable bonds is 7. The SMILES string of the molecule is CC(=O)Nc1cccc(Nc2cc(C)nc(NCCC3=CCCCC3)n2)c1. The van der Waals surface area contributed by atoms with Crippen molar-refractivity contribution in [3.8, 4) is 0 Å². The molecule has 1 heterocycles. The number of carbonyl (C=O) groups excluding carboxylic acids is 1. The van der Waals surface area contributed by atoms with Crippen molar-refractivity contribution < 1.29 is 4.79 Å². The molecule has 27 heavy (non-hydrogen) atoms. The fourth-order valence-corrected chi connectivity index (χ4v) is 3.20. The predicted octanol–water partition coefficient (Wildman–Crippen LogP) is 4.79. The number of nitrogens with one attached hydrogen (secondary N) is 3. The number of hydrogen-bond acceptors (Lipinski definition) is 5. The summed E-state index contributed by atoms with van der Waals surface area (Å²) in [7, 11) is 0. The summed E-state index contributed by atoms with van der Waals surface area (Å²) in [4.78, 5) is 20.3. The molecule has 2 aromatic rings. The zero-order valence-corrected chi connectivity index (χ0v) is 16.0. The summed E-state index contributed by atoms with van der Waals surface area (Å²) in [6.07, 6.45) is 8.46. The van der Waals surface area contributed by atoms with Crippen LogP contribution in [0.4, 0.5) is 23.1 Å². The summed E-state index contributed by atoms with van der Waals surface area (Å²) in [5.41, 5.74) is 4.04. The number of carbonyl (C=O) groups is 1. The molecule has 6 heteroatoms. The number of aromatic nitrogens is 2. The minimum Gasteiger partial charge on any atom is -0.354 e. The average molecular weight is 365 g/mol. The van der Waals surface area contributed by atoms with E-state index < -0.39 is 0 Å². The van der Waals surface area contributed by atoms with Crippen LogP contribution in [-0.4, -0.2) is 22.4 Å². The van der Waals surface area contributed by atoms with Crippen molar-refractivity contribution in [2.45, 2.75) is 46.0 Å². The molecule has 0 radical (unpaired) electrons. The molecule has 0 saturated heterocycles. The van der Waals surface area contributed by atoms with Crippen molar-refractivity contribution in [2.75, 3.05) is 22.5 Å². The summed E-state index contributed by atoms with van der Waals surface area (Å²) >= 11 is 0. The number of aryl methyl sites for hydroxylation is 1. The second-order valence-electron chi connectivity index (χ2n) is 6.89. The average Bonchev–Trinajstić information content (AvgIpc) is 2.62. The van der Waals surface area contributed by atoms with E-state index in [1.54, 1.807) is 0 Å². The van der Waals surface area contributed by atoms with E-state index in [1.807, 2.05) is 37.3 Å². The van der Waals surface area contributed by atoms with Crippen molar-refractivity contribution in [3.63, 3.8) is 0 Å². The first-order valence-electron chi connectivity index (χ1n) is 9.50. The van der Waals surface area contributed by atoms with E-state index >= 15 is 0 Å². The number of hydrogen-bond donors (Lipinski definition) is 3. The third kappa shape index (κ3) is 6.09. The lowest BCUT2D eigenvalue weighted by Crippen LogP contribution is -2.09. The lowest BCUT2D eigenvalue weighted by molar-refractivity contribution is -0.114. The van der Waals surface area contributed by atoms with Crippen molar-refractivity contribution in [3.05, 3.63) is 47.7 Å². The molecule has 3 rings (SSSR count). The van der Waals surface area contributed by atoms with Gasteiger partial charge in [-0.05, 0) is 57.2 Å². The van der Waals surface area contributed by atoms with Gasteiger partial charge in [-0.25, -0.2) is 4.98 Å². The van der Waals surface area contributed by atoms with E-state index in [0.29, 0.717) is 5.95 Å². The van der Waals surface area contributed by atoms with Crippen LogP contribution in [0.3, 0.4) is 0 Å². The molecule has 0 spiro atoms. The van der Waals surface area contributed by atoms with E-state index in [1.165, 1.54) is 38.2 Å². The molecule has 3 N–H and O–H groups in total. The van der Waals surface area contributed by atoms with E-state index in [4.69, 9.17) is 0 Å².